The first-order valence-electron chi connectivity index (χ1n) is 6.06. The number of hydrogen-bond acceptors (Lipinski definition) is 3. The molecule has 2 N–H and O–H groups in total. The highest BCUT2D eigenvalue weighted by Crippen LogP contribution is 2.19. The van der Waals surface area contributed by atoms with Gasteiger partial charge in [-0.2, -0.15) is 0 Å². The minimum atomic E-state index is -0.585. The molecule has 1 amide bonds. The first-order valence-corrected chi connectivity index (χ1v) is 6.44. The van der Waals surface area contributed by atoms with E-state index in [1.54, 1.807) is 7.05 Å². The third kappa shape index (κ3) is 3.66. The molecule has 21 heavy (non-hydrogen) atoms. The molecular weight excluding hydrogens is 300 g/mol. The highest BCUT2D eigenvalue weighted by Gasteiger charge is 2.11. The van der Waals surface area contributed by atoms with Gasteiger partial charge in [0.15, 0.2) is 0 Å². The number of benzene rings is 1. The smallest absolute Gasteiger partial charge is 0.253 e. The second-order valence-corrected chi connectivity index (χ2v) is 4.63. The van der Waals surface area contributed by atoms with Crippen molar-refractivity contribution in [3.63, 3.8) is 0 Å². The van der Waals surface area contributed by atoms with Crippen molar-refractivity contribution in [2.24, 2.45) is 0 Å². The van der Waals surface area contributed by atoms with E-state index < -0.39 is 17.5 Å². The summed E-state index contributed by atoms with van der Waals surface area (Å²) in [6.07, 6.45) is 1.34. The summed E-state index contributed by atoms with van der Waals surface area (Å²) in [5.74, 6) is -1.18. The van der Waals surface area contributed by atoms with Crippen LogP contribution in [0, 0.1) is 11.6 Å². The van der Waals surface area contributed by atoms with Gasteiger partial charge in [0.05, 0.1) is 10.6 Å². The van der Waals surface area contributed by atoms with Crippen LogP contribution in [-0.2, 0) is 6.54 Å². The molecule has 1 aromatic carbocycles. The summed E-state index contributed by atoms with van der Waals surface area (Å²) < 4.78 is 26.4. The lowest BCUT2D eigenvalue weighted by Crippen LogP contribution is -2.23. The normalized spacial score (nSPS) is 10.3. The van der Waals surface area contributed by atoms with E-state index in [0.29, 0.717) is 10.8 Å². The number of pyridine rings is 1. The number of nitrogens with zero attached hydrogens (tertiary/aromatic N) is 1. The molecule has 1 aromatic heterocycles. The number of halogens is 3. The number of nitrogens with one attached hydrogen (secondary N) is 2. The molecule has 7 heteroatoms. The predicted molar refractivity (Wildman–Crippen MR) is 76.3 cm³/mol. The molecule has 0 fully saturated rings. The van der Waals surface area contributed by atoms with Crippen molar-refractivity contribution in [2.45, 2.75) is 6.54 Å². The van der Waals surface area contributed by atoms with Gasteiger partial charge < -0.3 is 10.6 Å². The molecule has 0 radical (unpaired) electrons. The van der Waals surface area contributed by atoms with Crippen molar-refractivity contribution in [1.82, 2.24) is 10.3 Å². The standard InChI is InChI=1S/C14H12ClF2N3O/c1-18-13-11(15)5-9(7-19-13)14(21)20-6-8-4-10(16)2-3-12(8)17/h2-5,7H,6H2,1H3,(H,18,19)(H,20,21). The van der Waals surface area contributed by atoms with Crippen molar-refractivity contribution in [2.75, 3.05) is 12.4 Å². The molecule has 0 unspecified atom stereocenters. The van der Waals surface area contributed by atoms with E-state index in [0.717, 1.165) is 18.2 Å². The lowest BCUT2D eigenvalue weighted by atomic mass is 10.2. The fraction of sp³-hybridized carbons (Fsp3) is 0.143. The summed E-state index contributed by atoms with van der Waals surface area (Å²) in [6, 6.07) is 4.50. The molecule has 0 saturated carbocycles. The zero-order valence-electron chi connectivity index (χ0n) is 11.1. The van der Waals surface area contributed by atoms with Gasteiger partial charge in [-0.25, -0.2) is 13.8 Å². The lowest BCUT2D eigenvalue weighted by Gasteiger charge is -2.08. The Bertz CT molecular complexity index is 679. The van der Waals surface area contributed by atoms with Crippen LogP contribution < -0.4 is 10.6 Å². The Hall–Kier alpha value is -2.21. The van der Waals surface area contributed by atoms with Crippen molar-refractivity contribution in [3.8, 4) is 0 Å². The Balaban J connectivity index is 2.08. The molecular formula is C14H12ClF2N3O. The topological polar surface area (TPSA) is 54.0 Å². The highest BCUT2D eigenvalue weighted by atomic mass is 35.5. The average Bonchev–Trinajstić information content (AvgIpc) is 2.47. The van der Waals surface area contributed by atoms with Gasteiger partial charge in [0.25, 0.3) is 5.91 Å². The second kappa shape index (κ2) is 6.49. The van der Waals surface area contributed by atoms with E-state index in [1.807, 2.05) is 0 Å². The van der Waals surface area contributed by atoms with Crippen LogP contribution in [0.2, 0.25) is 5.02 Å². The summed E-state index contributed by atoms with van der Waals surface area (Å²) >= 11 is 5.92. The Morgan fingerprint density at radius 1 is 1.33 bits per heavy atom. The molecule has 0 aliphatic rings. The van der Waals surface area contributed by atoms with Crippen LogP contribution in [0.1, 0.15) is 15.9 Å². The molecule has 0 spiro atoms. The van der Waals surface area contributed by atoms with Gasteiger partial charge in [0, 0.05) is 25.4 Å². The highest BCUT2D eigenvalue weighted by molar-refractivity contribution is 6.33. The van der Waals surface area contributed by atoms with Crippen molar-refractivity contribution < 1.29 is 13.6 Å². The maximum Gasteiger partial charge on any atom is 0.253 e. The minimum absolute atomic E-state index is 0.0641. The molecule has 0 atom stereocenters. The third-order valence-corrected chi connectivity index (χ3v) is 3.08. The third-order valence-electron chi connectivity index (χ3n) is 2.79. The molecule has 1 heterocycles. The minimum Gasteiger partial charge on any atom is -0.372 e. The van der Waals surface area contributed by atoms with Gasteiger partial charge >= 0.3 is 0 Å². The SMILES string of the molecule is CNc1ncc(C(=O)NCc2cc(F)ccc2F)cc1Cl. The summed E-state index contributed by atoms with van der Waals surface area (Å²) in [5.41, 5.74) is 0.296. The molecule has 0 aliphatic heterocycles. The van der Waals surface area contributed by atoms with E-state index >= 15 is 0 Å². The number of anilines is 1. The maximum atomic E-state index is 13.4. The lowest BCUT2D eigenvalue weighted by molar-refractivity contribution is 0.0950. The average molecular weight is 312 g/mol. The molecule has 0 bridgehead atoms. The number of carbonyl (C=O) groups excluding carboxylic acids is 1. The van der Waals surface area contributed by atoms with Crippen LogP contribution in [-0.4, -0.2) is 17.9 Å². The van der Waals surface area contributed by atoms with E-state index in [9.17, 15) is 13.6 Å². The fourth-order valence-electron chi connectivity index (χ4n) is 1.70. The molecule has 4 nitrogen and oxygen atoms in total. The quantitative estimate of drug-likeness (QED) is 0.912. The number of amides is 1. The van der Waals surface area contributed by atoms with Crippen LogP contribution in [0.4, 0.5) is 14.6 Å². The second-order valence-electron chi connectivity index (χ2n) is 4.22. The summed E-state index contributed by atoms with van der Waals surface area (Å²) in [6.45, 7) is -0.131. The molecule has 0 saturated heterocycles. The van der Waals surface area contributed by atoms with Crippen LogP contribution in [0.3, 0.4) is 0 Å². The van der Waals surface area contributed by atoms with Gasteiger partial charge in [0.2, 0.25) is 0 Å². The number of aromatic nitrogens is 1. The fourth-order valence-corrected chi connectivity index (χ4v) is 1.96. The van der Waals surface area contributed by atoms with E-state index in [-0.39, 0.29) is 17.7 Å². The Morgan fingerprint density at radius 2 is 2.10 bits per heavy atom. The van der Waals surface area contributed by atoms with Gasteiger partial charge in [-0.1, -0.05) is 11.6 Å². The van der Waals surface area contributed by atoms with Crippen LogP contribution in [0.5, 0.6) is 0 Å². The van der Waals surface area contributed by atoms with Crippen molar-refractivity contribution in [3.05, 3.63) is 58.2 Å². The summed E-state index contributed by atoms with van der Waals surface area (Å²) in [5, 5.41) is 5.54. The van der Waals surface area contributed by atoms with Crippen LogP contribution >= 0.6 is 11.6 Å². The first kappa shape index (κ1) is 15.2. The zero-order valence-corrected chi connectivity index (χ0v) is 11.8. The number of carbonyl (C=O) groups is 1. The van der Waals surface area contributed by atoms with E-state index in [2.05, 4.69) is 15.6 Å². The summed E-state index contributed by atoms with van der Waals surface area (Å²) in [4.78, 5) is 15.9. The zero-order chi connectivity index (χ0) is 15.4. The Morgan fingerprint density at radius 3 is 2.76 bits per heavy atom. The predicted octanol–water partition coefficient (Wildman–Crippen LogP) is 2.98. The molecule has 2 rings (SSSR count). The Labute approximate surface area is 125 Å². The largest absolute Gasteiger partial charge is 0.372 e. The van der Waals surface area contributed by atoms with Gasteiger partial charge in [0.1, 0.15) is 17.5 Å². The number of hydrogen-bond donors (Lipinski definition) is 2. The van der Waals surface area contributed by atoms with E-state index in [4.69, 9.17) is 11.6 Å². The van der Waals surface area contributed by atoms with Gasteiger partial charge in [-0.15, -0.1) is 0 Å². The van der Waals surface area contributed by atoms with Crippen LogP contribution in [0.15, 0.2) is 30.5 Å². The monoisotopic (exact) mass is 311 g/mol. The van der Waals surface area contributed by atoms with Crippen molar-refractivity contribution in [1.29, 1.82) is 0 Å². The van der Waals surface area contributed by atoms with Crippen molar-refractivity contribution >= 4 is 23.3 Å². The maximum absolute atomic E-state index is 13.4. The molecule has 2 aromatic rings. The molecule has 0 aliphatic carbocycles. The first-order chi connectivity index (χ1) is 10.0. The summed E-state index contributed by atoms with van der Waals surface area (Å²) in [7, 11) is 1.65. The van der Waals surface area contributed by atoms with Crippen LogP contribution in [0.25, 0.3) is 0 Å². The van der Waals surface area contributed by atoms with Gasteiger partial charge in [-0.05, 0) is 24.3 Å². The van der Waals surface area contributed by atoms with Gasteiger partial charge in [-0.3, -0.25) is 4.79 Å². The molecule has 110 valence electrons. The Kier molecular flexibility index (Phi) is 4.70. The van der Waals surface area contributed by atoms with E-state index in [1.165, 1.54) is 12.3 Å². The number of rotatable bonds is 4.